The Labute approximate surface area is 193 Å². The highest BCUT2D eigenvalue weighted by Gasteiger charge is 2.70. The minimum atomic E-state index is -3.28. The molecule has 0 saturated heterocycles. The average Bonchev–Trinajstić information content (AvgIpc) is 3.14. The van der Waals surface area contributed by atoms with E-state index in [1.54, 1.807) is 29.7 Å². The van der Waals surface area contributed by atoms with Crippen LogP contribution in [-0.4, -0.2) is 41.1 Å². The number of amides is 1. The van der Waals surface area contributed by atoms with Crippen LogP contribution in [0.5, 0.6) is 0 Å². The predicted molar refractivity (Wildman–Crippen MR) is 118 cm³/mol. The van der Waals surface area contributed by atoms with Gasteiger partial charge in [0.15, 0.2) is 15.6 Å². The number of nitrogens with one attached hydrogen (secondary N) is 1. The molecule has 3 aromatic heterocycles. The normalized spacial score (nSPS) is 27.3. The fourth-order valence-electron chi connectivity index (χ4n) is 5.15. The minimum absolute atomic E-state index is 0.00125. The fourth-order valence-corrected chi connectivity index (χ4v) is 7.62. The number of rotatable bonds is 6. The van der Waals surface area contributed by atoms with Gasteiger partial charge in [0.2, 0.25) is 0 Å². The summed E-state index contributed by atoms with van der Waals surface area (Å²) in [6.07, 6.45) is 9.72. The van der Waals surface area contributed by atoms with Crippen LogP contribution in [0.25, 0.3) is 10.6 Å². The molecule has 1 amide bonds. The molecule has 2 bridgehead atoms. The summed E-state index contributed by atoms with van der Waals surface area (Å²) in [5.41, 5.74) is 0.492. The van der Waals surface area contributed by atoms with Crippen molar-refractivity contribution in [2.75, 3.05) is 6.26 Å². The van der Waals surface area contributed by atoms with E-state index in [0.717, 1.165) is 34.8 Å². The molecule has 4 aliphatic rings. The Kier molecular flexibility index (Phi) is 4.06. The number of nitrogens with zero attached hydrogens (tertiary/aromatic N) is 3. The van der Waals surface area contributed by atoms with E-state index >= 15 is 0 Å². The first kappa shape index (κ1) is 20.3. The number of carbonyl (C=O) groups is 1. The Bertz CT molecular complexity index is 1340. The van der Waals surface area contributed by atoms with Crippen molar-refractivity contribution >= 4 is 38.7 Å². The highest BCUT2D eigenvalue weighted by molar-refractivity contribution is 7.91. The minimum Gasteiger partial charge on any atom is -0.454 e. The van der Waals surface area contributed by atoms with Crippen LogP contribution in [0.3, 0.4) is 0 Å². The van der Waals surface area contributed by atoms with Crippen LogP contribution in [0.2, 0.25) is 5.15 Å². The van der Waals surface area contributed by atoms with Crippen LogP contribution in [0, 0.1) is 0 Å². The molecule has 0 unspecified atom stereocenters. The first-order valence-corrected chi connectivity index (χ1v) is 13.3. The Morgan fingerprint density at radius 2 is 1.88 bits per heavy atom. The summed E-state index contributed by atoms with van der Waals surface area (Å²) < 4.78 is 28.9. The van der Waals surface area contributed by atoms with E-state index in [1.807, 2.05) is 6.20 Å². The van der Waals surface area contributed by atoms with Crippen molar-refractivity contribution in [2.45, 2.75) is 47.8 Å². The molecule has 7 rings (SSSR count). The molecular formula is C21H19ClN4O4S2. The third kappa shape index (κ3) is 2.89. The van der Waals surface area contributed by atoms with Crippen LogP contribution < -0.4 is 5.32 Å². The SMILES string of the molecule is CS(=O)(=O)C1(c2ccc(C(=O)NC34CC(c5ncc(-c6cnc(Cl)cn6)s5)(C3)C4)o2)CC1. The highest BCUT2D eigenvalue weighted by atomic mass is 35.5. The Morgan fingerprint density at radius 3 is 2.50 bits per heavy atom. The number of thiazole rings is 1. The van der Waals surface area contributed by atoms with Gasteiger partial charge in [-0.05, 0) is 44.2 Å². The lowest BCUT2D eigenvalue weighted by Gasteiger charge is -2.69. The van der Waals surface area contributed by atoms with Gasteiger partial charge in [-0.3, -0.25) is 9.78 Å². The van der Waals surface area contributed by atoms with Gasteiger partial charge >= 0.3 is 0 Å². The van der Waals surface area contributed by atoms with E-state index < -0.39 is 14.6 Å². The maximum absolute atomic E-state index is 12.8. The highest BCUT2D eigenvalue weighted by Crippen LogP contribution is 2.68. The second-order valence-corrected chi connectivity index (χ2v) is 13.0. The lowest BCUT2D eigenvalue weighted by molar-refractivity contribution is -0.0812. The predicted octanol–water partition coefficient (Wildman–Crippen LogP) is 3.48. The van der Waals surface area contributed by atoms with Crippen molar-refractivity contribution in [1.29, 1.82) is 0 Å². The van der Waals surface area contributed by atoms with E-state index in [4.69, 9.17) is 16.0 Å². The summed E-state index contributed by atoms with van der Waals surface area (Å²) in [5.74, 6) is 0.219. The number of hydrogen-bond acceptors (Lipinski definition) is 8. The summed E-state index contributed by atoms with van der Waals surface area (Å²) in [4.78, 5) is 26.7. The zero-order chi connectivity index (χ0) is 22.4. The molecule has 4 aliphatic carbocycles. The van der Waals surface area contributed by atoms with Crippen molar-refractivity contribution in [1.82, 2.24) is 20.3 Å². The van der Waals surface area contributed by atoms with Gasteiger partial charge in [-0.15, -0.1) is 11.3 Å². The van der Waals surface area contributed by atoms with Crippen LogP contribution in [-0.2, 0) is 20.0 Å². The van der Waals surface area contributed by atoms with Gasteiger partial charge in [0.05, 0.1) is 22.3 Å². The first-order valence-electron chi connectivity index (χ1n) is 10.2. The molecule has 1 N–H and O–H groups in total. The van der Waals surface area contributed by atoms with Gasteiger partial charge in [-0.1, -0.05) is 11.6 Å². The second kappa shape index (κ2) is 6.39. The summed E-state index contributed by atoms with van der Waals surface area (Å²) in [5, 5.41) is 4.49. The lowest BCUT2D eigenvalue weighted by atomic mass is 9.39. The maximum Gasteiger partial charge on any atom is 0.287 e. The third-order valence-corrected chi connectivity index (χ3v) is 10.4. The number of halogens is 1. The molecule has 166 valence electrons. The van der Waals surface area contributed by atoms with E-state index in [0.29, 0.717) is 23.8 Å². The van der Waals surface area contributed by atoms with Crippen molar-refractivity contribution < 1.29 is 17.6 Å². The summed E-state index contributed by atoms with van der Waals surface area (Å²) in [6.45, 7) is 0. The molecule has 0 spiro atoms. The van der Waals surface area contributed by atoms with Crippen LogP contribution >= 0.6 is 22.9 Å². The Morgan fingerprint density at radius 1 is 1.12 bits per heavy atom. The van der Waals surface area contributed by atoms with Gasteiger partial charge in [0, 0.05) is 23.4 Å². The van der Waals surface area contributed by atoms with Crippen molar-refractivity contribution in [3.8, 4) is 10.6 Å². The molecule has 3 aromatic rings. The van der Waals surface area contributed by atoms with Crippen LogP contribution in [0.1, 0.15) is 53.4 Å². The van der Waals surface area contributed by atoms with Crippen LogP contribution in [0.4, 0.5) is 0 Å². The quantitative estimate of drug-likeness (QED) is 0.562. The number of carbonyl (C=O) groups excluding carboxylic acids is 1. The summed E-state index contributed by atoms with van der Waals surface area (Å²) >= 11 is 7.41. The van der Waals surface area contributed by atoms with E-state index in [2.05, 4.69) is 20.3 Å². The molecule has 4 fully saturated rings. The van der Waals surface area contributed by atoms with Gasteiger partial charge in [-0.25, -0.2) is 18.4 Å². The molecule has 11 heteroatoms. The Hall–Kier alpha value is -2.30. The van der Waals surface area contributed by atoms with Crippen molar-refractivity contribution in [3.05, 3.63) is 52.4 Å². The smallest absolute Gasteiger partial charge is 0.287 e. The lowest BCUT2D eigenvalue weighted by Crippen LogP contribution is -2.76. The number of aromatic nitrogens is 3. The fraction of sp³-hybridized carbons (Fsp3) is 0.429. The number of sulfone groups is 1. The standard InChI is InChI=1S/C21H19ClN4O4S2/c1-32(28,29)21(4-5-21)15-3-2-13(30-15)17(27)26-20-9-19(10-20,11-20)18-25-7-14(31-18)12-6-24-16(22)8-23-12/h2-3,6-8H,4-5,9-11H2,1H3,(H,26,27). The largest absolute Gasteiger partial charge is 0.454 e. The molecule has 0 aromatic carbocycles. The molecule has 0 aliphatic heterocycles. The average molecular weight is 491 g/mol. The zero-order valence-electron chi connectivity index (χ0n) is 17.1. The molecule has 0 atom stereocenters. The molecule has 3 heterocycles. The number of hydrogen-bond donors (Lipinski definition) is 1. The van der Waals surface area contributed by atoms with Crippen LogP contribution in [0.15, 0.2) is 35.1 Å². The van der Waals surface area contributed by atoms with Gasteiger partial charge in [0.1, 0.15) is 21.4 Å². The second-order valence-electron chi connectivity index (χ2n) is 9.23. The topological polar surface area (TPSA) is 115 Å². The summed E-state index contributed by atoms with van der Waals surface area (Å²) in [6, 6.07) is 3.18. The summed E-state index contributed by atoms with van der Waals surface area (Å²) in [7, 11) is -3.28. The van der Waals surface area contributed by atoms with Crippen molar-refractivity contribution in [2.24, 2.45) is 0 Å². The Balaban J connectivity index is 1.12. The zero-order valence-corrected chi connectivity index (χ0v) is 19.5. The van der Waals surface area contributed by atoms with E-state index in [-0.39, 0.29) is 22.6 Å². The van der Waals surface area contributed by atoms with Gasteiger partial charge in [0.25, 0.3) is 5.91 Å². The molecular weight excluding hydrogens is 472 g/mol. The molecule has 4 saturated carbocycles. The molecule has 0 radical (unpaired) electrons. The molecule has 32 heavy (non-hydrogen) atoms. The van der Waals surface area contributed by atoms with Crippen molar-refractivity contribution in [3.63, 3.8) is 0 Å². The number of furan rings is 1. The maximum atomic E-state index is 12.8. The van der Waals surface area contributed by atoms with Gasteiger partial charge < -0.3 is 9.73 Å². The third-order valence-electron chi connectivity index (χ3n) is 6.93. The van der Waals surface area contributed by atoms with E-state index in [9.17, 15) is 13.2 Å². The molecule has 8 nitrogen and oxygen atoms in total. The first-order chi connectivity index (χ1) is 15.1. The monoisotopic (exact) mass is 490 g/mol. The van der Waals surface area contributed by atoms with E-state index in [1.165, 1.54) is 12.5 Å². The van der Waals surface area contributed by atoms with Gasteiger partial charge in [-0.2, -0.15) is 0 Å².